The molecule has 12 heteroatoms. The molecular weight excluding hydrogens is 550 g/mol. The minimum atomic E-state index is -4.58. The highest BCUT2D eigenvalue weighted by Crippen LogP contribution is 2.41. The quantitative estimate of drug-likeness (QED) is 0.110. The van der Waals surface area contributed by atoms with Gasteiger partial charge in [-0.2, -0.15) is 22.5 Å². The lowest BCUT2D eigenvalue weighted by Crippen LogP contribution is -2.27. The number of carbonyl (C=O) groups excluding carboxylic acids is 1. The number of ether oxygens (including phenoxy) is 1. The van der Waals surface area contributed by atoms with E-state index in [4.69, 9.17) is 28.6 Å². The molecule has 4 aromatic rings. The number of alkyl halides is 3. The number of hydrogen-bond acceptors (Lipinski definition) is 6. The summed E-state index contributed by atoms with van der Waals surface area (Å²) in [7, 11) is 0. The van der Waals surface area contributed by atoms with Crippen LogP contribution in [0.5, 0.6) is 11.6 Å². The smallest absolute Gasteiger partial charge is 0.416 e. The first-order valence-corrected chi connectivity index (χ1v) is 12.0. The lowest BCUT2D eigenvalue weighted by Gasteiger charge is -2.16. The predicted molar refractivity (Wildman–Crippen MR) is 138 cm³/mol. The van der Waals surface area contributed by atoms with Crippen molar-refractivity contribution in [3.63, 3.8) is 0 Å². The topological polar surface area (TPSA) is 55.3 Å². The third kappa shape index (κ3) is 5.02. The van der Waals surface area contributed by atoms with Gasteiger partial charge in [-0.15, -0.1) is 0 Å². The van der Waals surface area contributed by atoms with Crippen molar-refractivity contribution in [2.24, 2.45) is 0 Å². The average molecular weight is 562 g/mol. The SMILES string of the molecule is O=C1/C(=C/c2c(Oc3nc(Cl)ncc3F)ccc3ccccc23)SC(=S)N1c1cccc(C(F)(F)F)c1. The fourth-order valence-corrected chi connectivity index (χ4v) is 5.07. The van der Waals surface area contributed by atoms with E-state index in [0.717, 1.165) is 40.4 Å². The van der Waals surface area contributed by atoms with Gasteiger partial charge in [-0.05, 0) is 52.7 Å². The lowest BCUT2D eigenvalue weighted by molar-refractivity contribution is -0.137. The van der Waals surface area contributed by atoms with Crippen LogP contribution in [0.15, 0.2) is 71.8 Å². The summed E-state index contributed by atoms with van der Waals surface area (Å²) >= 11 is 12.0. The van der Waals surface area contributed by atoms with Crippen molar-refractivity contribution in [3.05, 3.63) is 94.0 Å². The molecule has 0 N–H and O–H groups in total. The Bertz CT molecular complexity index is 1610. The van der Waals surface area contributed by atoms with E-state index in [0.29, 0.717) is 10.9 Å². The van der Waals surface area contributed by atoms with Crippen LogP contribution >= 0.6 is 35.6 Å². The zero-order chi connectivity index (χ0) is 26.3. The number of benzene rings is 3. The van der Waals surface area contributed by atoms with E-state index in [-0.39, 0.29) is 25.9 Å². The van der Waals surface area contributed by atoms with Crippen molar-refractivity contribution >= 4 is 68.3 Å². The number of halogens is 5. The molecule has 0 saturated carbocycles. The number of amides is 1. The molecule has 5 rings (SSSR count). The molecule has 0 atom stereocenters. The minimum absolute atomic E-state index is 0.00665. The Morgan fingerprint density at radius 1 is 1.08 bits per heavy atom. The first-order valence-electron chi connectivity index (χ1n) is 10.4. The first kappa shape index (κ1) is 25.1. The summed E-state index contributed by atoms with van der Waals surface area (Å²) in [4.78, 5) is 21.8. The highest BCUT2D eigenvalue weighted by Gasteiger charge is 2.36. The summed E-state index contributed by atoms with van der Waals surface area (Å²) in [6.45, 7) is 0. The van der Waals surface area contributed by atoms with Crippen molar-refractivity contribution in [2.45, 2.75) is 6.18 Å². The summed E-state index contributed by atoms with van der Waals surface area (Å²) < 4.78 is 59.8. The minimum Gasteiger partial charge on any atom is -0.436 e. The highest BCUT2D eigenvalue weighted by molar-refractivity contribution is 8.27. The van der Waals surface area contributed by atoms with E-state index >= 15 is 0 Å². The molecule has 1 aliphatic rings. The van der Waals surface area contributed by atoms with Crippen molar-refractivity contribution < 1.29 is 27.1 Å². The Labute approximate surface area is 221 Å². The number of carbonyl (C=O) groups is 1. The van der Waals surface area contributed by atoms with Crippen LogP contribution in [0.1, 0.15) is 11.1 Å². The maximum Gasteiger partial charge on any atom is 0.416 e. The summed E-state index contributed by atoms with van der Waals surface area (Å²) in [5.74, 6) is -1.71. The van der Waals surface area contributed by atoms with Gasteiger partial charge in [-0.25, -0.2) is 4.98 Å². The van der Waals surface area contributed by atoms with Gasteiger partial charge in [0.15, 0.2) is 4.32 Å². The summed E-state index contributed by atoms with van der Waals surface area (Å²) in [6.07, 6.45) is -2.21. The van der Waals surface area contributed by atoms with Gasteiger partial charge in [-0.3, -0.25) is 9.69 Å². The number of hydrogen-bond donors (Lipinski definition) is 0. The monoisotopic (exact) mass is 561 g/mol. The van der Waals surface area contributed by atoms with Gasteiger partial charge in [0.25, 0.3) is 11.8 Å². The molecule has 1 saturated heterocycles. The van der Waals surface area contributed by atoms with Crippen LogP contribution in [0.3, 0.4) is 0 Å². The van der Waals surface area contributed by atoms with Crippen LogP contribution in [0.4, 0.5) is 23.2 Å². The number of fused-ring (bicyclic) bond motifs is 1. The van der Waals surface area contributed by atoms with E-state index in [1.54, 1.807) is 24.3 Å². The molecule has 2 heterocycles. The lowest BCUT2D eigenvalue weighted by atomic mass is 10.0. The van der Waals surface area contributed by atoms with Crippen LogP contribution in [-0.2, 0) is 11.0 Å². The zero-order valence-electron chi connectivity index (χ0n) is 18.3. The van der Waals surface area contributed by atoms with Gasteiger partial charge in [0.2, 0.25) is 11.1 Å². The molecule has 1 amide bonds. The van der Waals surface area contributed by atoms with Gasteiger partial charge in [0.05, 0.1) is 22.4 Å². The van der Waals surface area contributed by atoms with Gasteiger partial charge in [-0.1, -0.05) is 60.4 Å². The zero-order valence-corrected chi connectivity index (χ0v) is 20.7. The Kier molecular flexibility index (Phi) is 6.61. The van der Waals surface area contributed by atoms with E-state index in [1.165, 1.54) is 18.2 Å². The van der Waals surface area contributed by atoms with Gasteiger partial charge >= 0.3 is 6.18 Å². The number of rotatable bonds is 4. The molecule has 186 valence electrons. The molecule has 37 heavy (non-hydrogen) atoms. The van der Waals surface area contributed by atoms with Crippen molar-refractivity contribution in [1.82, 2.24) is 9.97 Å². The third-order valence-electron chi connectivity index (χ3n) is 5.32. The number of nitrogens with zero attached hydrogens (tertiary/aromatic N) is 3. The molecule has 3 aromatic carbocycles. The van der Waals surface area contributed by atoms with Crippen LogP contribution in [0.2, 0.25) is 5.28 Å². The van der Waals surface area contributed by atoms with Gasteiger partial charge in [0.1, 0.15) is 5.75 Å². The number of anilines is 1. The number of thioether (sulfide) groups is 1. The highest BCUT2D eigenvalue weighted by atomic mass is 35.5. The Morgan fingerprint density at radius 2 is 1.86 bits per heavy atom. The molecule has 0 spiro atoms. The largest absolute Gasteiger partial charge is 0.436 e. The molecule has 0 aliphatic carbocycles. The molecule has 0 radical (unpaired) electrons. The molecule has 0 bridgehead atoms. The second-order valence-electron chi connectivity index (χ2n) is 7.66. The maximum atomic E-state index is 14.3. The van der Waals surface area contributed by atoms with E-state index in [9.17, 15) is 22.4 Å². The van der Waals surface area contributed by atoms with Crippen molar-refractivity contribution in [3.8, 4) is 11.6 Å². The summed E-state index contributed by atoms with van der Waals surface area (Å²) in [5, 5.41) is 1.25. The Morgan fingerprint density at radius 3 is 2.65 bits per heavy atom. The van der Waals surface area contributed by atoms with Gasteiger partial charge < -0.3 is 4.74 Å². The van der Waals surface area contributed by atoms with Crippen LogP contribution in [-0.4, -0.2) is 20.2 Å². The second kappa shape index (κ2) is 9.73. The van der Waals surface area contributed by atoms with Crippen molar-refractivity contribution in [1.29, 1.82) is 0 Å². The van der Waals surface area contributed by atoms with Crippen LogP contribution < -0.4 is 9.64 Å². The fourth-order valence-electron chi connectivity index (χ4n) is 3.66. The average Bonchev–Trinajstić information content (AvgIpc) is 3.14. The Balaban J connectivity index is 1.59. The van der Waals surface area contributed by atoms with Crippen molar-refractivity contribution in [2.75, 3.05) is 4.90 Å². The van der Waals surface area contributed by atoms with E-state index < -0.39 is 29.3 Å². The van der Waals surface area contributed by atoms with E-state index in [1.807, 2.05) is 12.1 Å². The normalized spacial score (nSPS) is 15.2. The predicted octanol–water partition coefficient (Wildman–Crippen LogP) is 7.64. The van der Waals surface area contributed by atoms with E-state index in [2.05, 4.69) is 9.97 Å². The Hall–Kier alpha value is -3.54. The first-order chi connectivity index (χ1) is 17.6. The molecule has 1 aromatic heterocycles. The second-order valence-corrected chi connectivity index (χ2v) is 9.67. The van der Waals surface area contributed by atoms with Gasteiger partial charge in [0, 0.05) is 5.56 Å². The fraction of sp³-hybridized carbons (Fsp3) is 0.0400. The molecule has 1 fully saturated rings. The molecule has 1 aliphatic heterocycles. The summed E-state index contributed by atoms with van der Waals surface area (Å²) in [6, 6.07) is 14.9. The summed E-state index contributed by atoms with van der Waals surface area (Å²) in [5.41, 5.74) is -0.497. The maximum absolute atomic E-state index is 14.3. The third-order valence-corrected chi connectivity index (χ3v) is 6.80. The number of aromatic nitrogens is 2. The van der Waals surface area contributed by atoms with Crippen LogP contribution in [0.25, 0.3) is 16.8 Å². The standard InChI is InChI=1S/C25H12ClF4N3O2S2/c26-23-31-12-18(27)21(32-23)35-19-9-8-13-4-1-2-7-16(13)17(19)11-20-22(34)33(24(36)37-20)15-6-3-5-14(10-15)25(28,29)30/h1-12H/b20-11-. The molecular formula is C25H12ClF4N3O2S2. The number of thiocarbonyl (C=S) groups is 1. The van der Waals surface area contributed by atoms with Crippen LogP contribution in [0, 0.1) is 5.82 Å². The molecule has 5 nitrogen and oxygen atoms in total. The molecule has 0 unspecified atom stereocenters.